The highest BCUT2D eigenvalue weighted by Gasteiger charge is 2.51. The van der Waals surface area contributed by atoms with Crippen molar-refractivity contribution in [2.75, 3.05) is 0 Å². The average Bonchev–Trinajstić information content (AvgIpc) is 2.73. The van der Waals surface area contributed by atoms with Gasteiger partial charge in [0.15, 0.2) is 0 Å². The number of aliphatic hydroxyl groups is 1. The van der Waals surface area contributed by atoms with Gasteiger partial charge in [-0.05, 0) is 73.3 Å². The summed E-state index contributed by atoms with van der Waals surface area (Å²) >= 11 is 0. The van der Waals surface area contributed by atoms with Crippen LogP contribution in [0.1, 0.15) is 47.9 Å². The summed E-state index contributed by atoms with van der Waals surface area (Å²) in [6.07, 6.45) is -1.39. The van der Waals surface area contributed by atoms with Gasteiger partial charge in [0, 0.05) is 11.3 Å². The van der Waals surface area contributed by atoms with Crippen LogP contribution in [0, 0.1) is 29.1 Å². The van der Waals surface area contributed by atoms with Crippen LogP contribution in [0.15, 0.2) is 48.5 Å². The molecule has 0 amide bonds. The van der Waals surface area contributed by atoms with Crippen molar-refractivity contribution < 1.29 is 18.3 Å². The Kier molecular flexibility index (Phi) is 5.12. The van der Waals surface area contributed by atoms with E-state index in [1.807, 2.05) is 36.4 Å². The normalized spacial score (nSPS) is 27.8. The molecule has 2 aliphatic rings. The molecule has 1 fully saturated rings. The molecule has 2 aromatic rings. The summed E-state index contributed by atoms with van der Waals surface area (Å²) < 4.78 is 37.9. The Morgan fingerprint density at radius 3 is 2.57 bits per heavy atom. The van der Waals surface area contributed by atoms with Crippen molar-refractivity contribution in [3.8, 4) is 17.9 Å². The smallest absolute Gasteiger partial charge is 0.378 e. The Morgan fingerprint density at radius 2 is 1.87 bits per heavy atom. The lowest BCUT2D eigenvalue weighted by molar-refractivity contribution is -0.0712. The summed E-state index contributed by atoms with van der Waals surface area (Å²) in [6.45, 7) is 0. The number of nitriles is 1. The van der Waals surface area contributed by atoms with Gasteiger partial charge in [0.05, 0.1) is 11.6 Å². The van der Waals surface area contributed by atoms with Crippen LogP contribution in [0.25, 0.3) is 0 Å². The minimum Gasteiger partial charge on any atom is -0.378 e. The van der Waals surface area contributed by atoms with Crippen LogP contribution < -0.4 is 0 Å². The molecular formula is C25H22F3NO. The van der Waals surface area contributed by atoms with E-state index >= 15 is 0 Å². The van der Waals surface area contributed by atoms with Gasteiger partial charge in [-0.1, -0.05) is 42.3 Å². The highest BCUT2D eigenvalue weighted by atomic mass is 19.4. The van der Waals surface area contributed by atoms with Crippen molar-refractivity contribution in [1.29, 1.82) is 5.26 Å². The largest absolute Gasteiger partial charge is 0.457 e. The second-order valence-electron chi connectivity index (χ2n) is 8.52. The lowest BCUT2D eigenvalue weighted by Crippen LogP contribution is -2.51. The first-order valence-corrected chi connectivity index (χ1v) is 10.1. The minimum absolute atomic E-state index is 0.0134. The van der Waals surface area contributed by atoms with Gasteiger partial charge in [-0.25, -0.2) is 0 Å². The topological polar surface area (TPSA) is 44.0 Å². The van der Waals surface area contributed by atoms with E-state index < -0.39 is 11.8 Å². The maximum Gasteiger partial charge on any atom is 0.457 e. The number of hydrogen-bond donors (Lipinski definition) is 1. The number of nitrogens with zero attached hydrogens (tertiary/aromatic N) is 1. The zero-order valence-corrected chi connectivity index (χ0v) is 16.5. The number of halogens is 3. The van der Waals surface area contributed by atoms with Gasteiger partial charge in [-0.15, -0.1) is 0 Å². The molecular weight excluding hydrogens is 387 g/mol. The number of rotatable bonds is 2. The molecule has 154 valence electrons. The minimum atomic E-state index is -4.61. The van der Waals surface area contributed by atoms with Gasteiger partial charge >= 0.3 is 6.18 Å². The predicted molar refractivity (Wildman–Crippen MR) is 107 cm³/mol. The summed E-state index contributed by atoms with van der Waals surface area (Å²) in [5, 5.41) is 20.1. The van der Waals surface area contributed by atoms with Crippen LogP contribution >= 0.6 is 0 Å². The van der Waals surface area contributed by atoms with E-state index in [-0.39, 0.29) is 24.2 Å². The van der Waals surface area contributed by atoms with E-state index in [0.29, 0.717) is 12.0 Å². The van der Waals surface area contributed by atoms with Crippen molar-refractivity contribution >= 4 is 0 Å². The van der Waals surface area contributed by atoms with Gasteiger partial charge in [0.1, 0.15) is 5.60 Å². The Hall–Kier alpha value is -2.76. The summed E-state index contributed by atoms with van der Waals surface area (Å²) in [5.41, 5.74) is 2.16. The lowest BCUT2D eigenvalue weighted by Gasteiger charge is -2.52. The molecule has 0 spiro atoms. The fourth-order valence-electron chi connectivity index (χ4n) is 5.35. The highest BCUT2D eigenvalue weighted by Crippen LogP contribution is 2.54. The summed E-state index contributed by atoms with van der Waals surface area (Å²) in [6, 6.07) is 18.0. The van der Waals surface area contributed by atoms with E-state index in [1.165, 1.54) is 5.92 Å². The molecule has 30 heavy (non-hydrogen) atoms. The second kappa shape index (κ2) is 7.49. The van der Waals surface area contributed by atoms with Gasteiger partial charge in [0.25, 0.3) is 0 Å². The third-order valence-electron chi connectivity index (χ3n) is 6.68. The van der Waals surface area contributed by atoms with E-state index in [1.54, 1.807) is 0 Å². The Morgan fingerprint density at radius 1 is 1.10 bits per heavy atom. The first kappa shape index (κ1) is 20.5. The van der Waals surface area contributed by atoms with Crippen LogP contribution in [0.2, 0.25) is 0 Å². The Labute approximate surface area is 174 Å². The van der Waals surface area contributed by atoms with Crippen LogP contribution in [0.5, 0.6) is 0 Å². The molecule has 0 unspecified atom stereocenters. The molecule has 1 saturated carbocycles. The molecule has 0 bridgehead atoms. The number of alkyl halides is 3. The molecule has 5 heteroatoms. The van der Waals surface area contributed by atoms with Crippen molar-refractivity contribution in [3.63, 3.8) is 0 Å². The van der Waals surface area contributed by atoms with E-state index in [0.717, 1.165) is 36.0 Å². The molecule has 0 aliphatic heterocycles. The van der Waals surface area contributed by atoms with Crippen LogP contribution in [0.3, 0.4) is 0 Å². The fraction of sp³-hybridized carbons (Fsp3) is 0.400. The Bertz CT molecular complexity index is 1040. The standard InChI is InChI=1S/C25H22F3NO/c26-25(27,28)13-11-23(30)10-12-24(15-18-4-2-1-3-5-18)21(16-23)8-7-20-14-19(17-29)6-9-22(20)24/h1-6,9,14,21,30H,7-8,10,12,15-16H2/t21-,23+,24+/m1/s1. The lowest BCUT2D eigenvalue weighted by atomic mass is 9.52. The number of benzene rings is 2. The highest BCUT2D eigenvalue weighted by molar-refractivity contribution is 5.46. The maximum atomic E-state index is 12.6. The molecule has 0 aromatic heterocycles. The zero-order valence-electron chi connectivity index (χ0n) is 16.5. The van der Waals surface area contributed by atoms with Crippen LogP contribution in [-0.4, -0.2) is 16.9 Å². The Balaban J connectivity index is 1.75. The van der Waals surface area contributed by atoms with Crippen LogP contribution in [0.4, 0.5) is 13.2 Å². The van der Waals surface area contributed by atoms with Crippen molar-refractivity contribution in [1.82, 2.24) is 0 Å². The average molecular weight is 409 g/mol. The molecule has 2 nitrogen and oxygen atoms in total. The van der Waals surface area contributed by atoms with Gasteiger partial charge < -0.3 is 5.11 Å². The van der Waals surface area contributed by atoms with Crippen LogP contribution in [-0.2, 0) is 18.3 Å². The molecule has 0 heterocycles. The zero-order chi connectivity index (χ0) is 21.4. The molecule has 0 radical (unpaired) electrons. The van der Waals surface area contributed by atoms with E-state index in [2.05, 4.69) is 24.1 Å². The van der Waals surface area contributed by atoms with Crippen molar-refractivity contribution in [2.24, 2.45) is 5.92 Å². The summed E-state index contributed by atoms with van der Waals surface area (Å²) in [7, 11) is 0. The molecule has 2 aromatic carbocycles. The number of fused-ring (bicyclic) bond motifs is 3. The molecule has 1 N–H and O–H groups in total. The number of hydrogen-bond acceptors (Lipinski definition) is 2. The molecule has 3 atom stereocenters. The second-order valence-corrected chi connectivity index (χ2v) is 8.52. The fourth-order valence-corrected chi connectivity index (χ4v) is 5.35. The summed E-state index contributed by atoms with van der Waals surface area (Å²) in [4.78, 5) is 0. The maximum absolute atomic E-state index is 12.6. The van der Waals surface area contributed by atoms with E-state index in [9.17, 15) is 23.5 Å². The van der Waals surface area contributed by atoms with Crippen molar-refractivity contribution in [3.05, 3.63) is 70.8 Å². The number of aryl methyl sites for hydroxylation is 1. The van der Waals surface area contributed by atoms with Gasteiger partial charge in [0.2, 0.25) is 0 Å². The molecule has 4 rings (SSSR count). The monoisotopic (exact) mass is 409 g/mol. The predicted octanol–water partition coefficient (Wildman–Crippen LogP) is 5.08. The molecule has 0 saturated heterocycles. The van der Waals surface area contributed by atoms with Gasteiger partial charge in [-0.2, -0.15) is 18.4 Å². The summed E-state index contributed by atoms with van der Waals surface area (Å²) in [5.74, 6) is 3.43. The molecule has 2 aliphatic carbocycles. The van der Waals surface area contributed by atoms with Crippen molar-refractivity contribution in [2.45, 2.75) is 55.7 Å². The van der Waals surface area contributed by atoms with Gasteiger partial charge in [-0.3, -0.25) is 0 Å². The third kappa shape index (κ3) is 3.95. The SMILES string of the molecule is N#Cc1ccc2c(c1)CC[C@@H]1C[C@@](O)(C#CC(F)(F)F)CC[C@@]21Cc1ccccc1. The van der Waals surface area contributed by atoms with E-state index in [4.69, 9.17) is 0 Å². The first-order valence-electron chi connectivity index (χ1n) is 10.1. The third-order valence-corrected chi connectivity index (χ3v) is 6.68. The first-order chi connectivity index (χ1) is 14.2. The quantitative estimate of drug-likeness (QED) is 0.703.